The van der Waals surface area contributed by atoms with Crippen LogP contribution in [0, 0.1) is 0 Å². The molecular weight excluding hydrogens is 420 g/mol. The first-order valence-electron chi connectivity index (χ1n) is 10.7. The summed E-state index contributed by atoms with van der Waals surface area (Å²) in [6.07, 6.45) is 2.36. The highest BCUT2D eigenvalue weighted by molar-refractivity contribution is 6.46. The van der Waals surface area contributed by atoms with E-state index in [1.54, 1.807) is 42.6 Å². The third-order valence-electron chi connectivity index (χ3n) is 5.99. The van der Waals surface area contributed by atoms with Crippen LogP contribution in [-0.4, -0.2) is 40.4 Å². The Bertz CT molecular complexity index is 1270. The van der Waals surface area contributed by atoms with E-state index in [1.807, 2.05) is 24.3 Å². The second-order valence-electron chi connectivity index (χ2n) is 7.91. The molecule has 0 saturated carbocycles. The maximum Gasteiger partial charge on any atom is 0.296 e. The fourth-order valence-corrected chi connectivity index (χ4v) is 4.41. The van der Waals surface area contributed by atoms with E-state index in [1.165, 1.54) is 12.0 Å². The molecule has 3 heterocycles. The highest BCUT2D eigenvalue weighted by atomic mass is 16.5. The van der Waals surface area contributed by atoms with Crippen molar-refractivity contribution in [2.24, 2.45) is 0 Å². The Morgan fingerprint density at radius 1 is 1.15 bits per heavy atom. The minimum Gasteiger partial charge on any atom is -0.507 e. The highest BCUT2D eigenvalue weighted by Gasteiger charge is 2.47. The number of aliphatic hydroxyl groups is 1. The lowest BCUT2D eigenvalue weighted by atomic mass is 9.94. The smallest absolute Gasteiger partial charge is 0.296 e. The molecule has 1 N–H and O–H groups in total. The second-order valence-corrected chi connectivity index (χ2v) is 7.91. The Morgan fingerprint density at radius 2 is 1.97 bits per heavy atom. The Kier molecular flexibility index (Phi) is 5.30. The predicted octanol–water partition coefficient (Wildman–Crippen LogP) is 3.65. The molecular formula is C26H22N2O5. The van der Waals surface area contributed by atoms with E-state index in [0.717, 1.165) is 17.7 Å². The van der Waals surface area contributed by atoms with Gasteiger partial charge in [0.15, 0.2) is 0 Å². The van der Waals surface area contributed by atoms with Crippen molar-refractivity contribution < 1.29 is 24.2 Å². The average molecular weight is 442 g/mol. The lowest BCUT2D eigenvalue weighted by molar-refractivity contribution is -0.140. The van der Waals surface area contributed by atoms with Crippen molar-refractivity contribution >= 4 is 17.4 Å². The molecule has 2 aliphatic heterocycles. The van der Waals surface area contributed by atoms with Crippen molar-refractivity contribution in [3.05, 3.63) is 94.8 Å². The molecule has 0 bridgehead atoms. The van der Waals surface area contributed by atoms with Crippen molar-refractivity contribution in [1.29, 1.82) is 0 Å². The van der Waals surface area contributed by atoms with Crippen molar-refractivity contribution in [3.8, 4) is 11.5 Å². The number of hydrogen-bond donors (Lipinski definition) is 1. The van der Waals surface area contributed by atoms with Crippen LogP contribution in [0.25, 0.3) is 5.76 Å². The van der Waals surface area contributed by atoms with Crippen molar-refractivity contribution in [1.82, 2.24) is 9.88 Å². The first-order valence-corrected chi connectivity index (χ1v) is 10.7. The molecule has 5 rings (SSSR count). The number of amides is 1. The number of likely N-dealkylation sites (tertiary alicyclic amines) is 1. The van der Waals surface area contributed by atoms with Crippen molar-refractivity contribution in [2.75, 3.05) is 13.7 Å². The van der Waals surface area contributed by atoms with E-state index in [0.29, 0.717) is 29.2 Å². The molecule has 7 nitrogen and oxygen atoms in total. The van der Waals surface area contributed by atoms with Gasteiger partial charge in [0.2, 0.25) is 0 Å². The lowest BCUT2D eigenvalue weighted by Crippen LogP contribution is -2.29. The van der Waals surface area contributed by atoms with Gasteiger partial charge in [-0.15, -0.1) is 0 Å². The maximum absolute atomic E-state index is 13.2. The summed E-state index contributed by atoms with van der Waals surface area (Å²) >= 11 is 0. The maximum atomic E-state index is 13.2. The van der Waals surface area contributed by atoms with Gasteiger partial charge in [-0.3, -0.25) is 14.6 Å². The number of ether oxygens (including phenoxy) is 2. The van der Waals surface area contributed by atoms with Gasteiger partial charge in [0, 0.05) is 23.7 Å². The fraction of sp³-hybridized carbons (Fsp3) is 0.192. The first kappa shape index (κ1) is 20.8. The molecule has 3 aromatic rings. The number of para-hydroxylation sites is 1. The number of methoxy groups -OCH3 is 1. The van der Waals surface area contributed by atoms with Crippen LogP contribution in [0.4, 0.5) is 0 Å². The lowest BCUT2D eigenvalue weighted by Gasteiger charge is -2.26. The number of benzene rings is 2. The van der Waals surface area contributed by atoms with Gasteiger partial charge in [-0.2, -0.15) is 0 Å². The number of aromatic nitrogens is 1. The summed E-state index contributed by atoms with van der Waals surface area (Å²) in [6.45, 7) is 0.693. The number of Topliss-reactive ketones (excluding diaryl/α,β-unsaturated/α-hetero) is 1. The Hall–Kier alpha value is -4.13. The summed E-state index contributed by atoms with van der Waals surface area (Å²) in [7, 11) is 1.53. The van der Waals surface area contributed by atoms with Crippen LogP contribution in [-0.2, 0) is 22.6 Å². The van der Waals surface area contributed by atoms with Gasteiger partial charge in [0.25, 0.3) is 11.7 Å². The second kappa shape index (κ2) is 8.43. The topological polar surface area (TPSA) is 89.0 Å². The van der Waals surface area contributed by atoms with Crippen LogP contribution in [0.3, 0.4) is 0 Å². The van der Waals surface area contributed by atoms with Gasteiger partial charge in [-0.1, -0.05) is 24.3 Å². The minimum atomic E-state index is -0.826. The van der Waals surface area contributed by atoms with Crippen LogP contribution >= 0.6 is 0 Å². The third-order valence-corrected chi connectivity index (χ3v) is 5.99. The summed E-state index contributed by atoms with van der Waals surface area (Å²) in [5.74, 6) is -0.367. The van der Waals surface area contributed by atoms with Gasteiger partial charge < -0.3 is 19.5 Å². The van der Waals surface area contributed by atoms with Crippen LogP contribution in [0.2, 0.25) is 0 Å². The van der Waals surface area contributed by atoms with E-state index < -0.39 is 17.7 Å². The molecule has 1 fully saturated rings. The zero-order valence-corrected chi connectivity index (χ0v) is 18.0. The van der Waals surface area contributed by atoms with E-state index in [9.17, 15) is 14.7 Å². The van der Waals surface area contributed by atoms with E-state index in [4.69, 9.17) is 9.47 Å². The highest BCUT2D eigenvalue weighted by Crippen LogP contribution is 2.43. The Balaban J connectivity index is 1.67. The van der Waals surface area contributed by atoms with Gasteiger partial charge in [-0.05, 0) is 42.0 Å². The summed E-state index contributed by atoms with van der Waals surface area (Å²) < 4.78 is 11.1. The molecule has 166 valence electrons. The van der Waals surface area contributed by atoms with Crippen molar-refractivity contribution in [2.45, 2.75) is 19.0 Å². The van der Waals surface area contributed by atoms with E-state index >= 15 is 0 Å². The van der Waals surface area contributed by atoms with E-state index in [-0.39, 0.29) is 17.9 Å². The quantitative estimate of drug-likeness (QED) is 0.369. The number of nitrogens with zero attached hydrogens (tertiary/aromatic N) is 2. The van der Waals surface area contributed by atoms with Crippen LogP contribution in [0.15, 0.2) is 72.4 Å². The zero-order valence-electron chi connectivity index (χ0n) is 18.0. The molecule has 1 aromatic heterocycles. The predicted molar refractivity (Wildman–Crippen MR) is 121 cm³/mol. The summed E-state index contributed by atoms with van der Waals surface area (Å²) in [5, 5.41) is 11.3. The zero-order chi connectivity index (χ0) is 22.9. The SMILES string of the molecule is COc1ccccc1C1/C(=C(\O)c2ccc3c(c2)CCO3)C(=O)C(=O)N1Cc1ccccn1. The van der Waals surface area contributed by atoms with Crippen LogP contribution in [0.1, 0.15) is 28.4 Å². The molecule has 0 radical (unpaired) electrons. The molecule has 33 heavy (non-hydrogen) atoms. The van der Waals surface area contributed by atoms with Gasteiger partial charge in [0.1, 0.15) is 17.3 Å². The molecule has 1 atom stereocenters. The molecule has 2 aromatic carbocycles. The first-order chi connectivity index (χ1) is 16.1. The normalized spacial score (nSPS) is 18.8. The minimum absolute atomic E-state index is 0.0271. The van der Waals surface area contributed by atoms with E-state index in [2.05, 4.69) is 4.98 Å². The average Bonchev–Trinajstić information content (AvgIpc) is 3.42. The molecule has 1 amide bonds. The largest absolute Gasteiger partial charge is 0.507 e. The Labute approximate surface area is 190 Å². The van der Waals surface area contributed by atoms with Crippen LogP contribution < -0.4 is 9.47 Å². The molecule has 1 saturated heterocycles. The number of pyridine rings is 1. The molecule has 0 aliphatic carbocycles. The molecule has 7 heteroatoms. The van der Waals surface area contributed by atoms with Gasteiger partial charge in [0.05, 0.1) is 37.6 Å². The molecule has 0 spiro atoms. The monoisotopic (exact) mass is 442 g/mol. The van der Waals surface area contributed by atoms with Crippen molar-refractivity contribution in [3.63, 3.8) is 0 Å². The number of aliphatic hydroxyl groups excluding tert-OH is 1. The number of carbonyl (C=O) groups is 2. The van der Waals surface area contributed by atoms with Gasteiger partial charge >= 0.3 is 0 Å². The number of carbonyl (C=O) groups excluding carboxylic acids is 2. The Morgan fingerprint density at radius 3 is 2.76 bits per heavy atom. The number of fused-ring (bicyclic) bond motifs is 1. The fourth-order valence-electron chi connectivity index (χ4n) is 4.41. The van der Waals surface area contributed by atoms with Crippen LogP contribution in [0.5, 0.6) is 11.5 Å². The molecule has 2 aliphatic rings. The summed E-state index contributed by atoms with van der Waals surface area (Å²) in [5.41, 5.74) is 2.69. The number of rotatable bonds is 5. The summed E-state index contributed by atoms with van der Waals surface area (Å²) in [6, 6.07) is 17.0. The number of ketones is 1. The van der Waals surface area contributed by atoms with Gasteiger partial charge in [-0.25, -0.2) is 0 Å². The third kappa shape index (κ3) is 3.61. The standard InChI is InChI=1S/C26H22N2O5/c1-32-21-8-3-2-7-19(21)23-22(24(29)17-9-10-20-16(14-17)11-13-33-20)25(30)26(31)28(23)15-18-6-4-5-12-27-18/h2-10,12,14,23,29H,11,13,15H2,1H3/b24-22+. The summed E-state index contributed by atoms with van der Waals surface area (Å²) in [4.78, 5) is 32.2. The molecule has 1 unspecified atom stereocenters. The number of hydrogen-bond acceptors (Lipinski definition) is 6.